The Labute approximate surface area is 170 Å². The predicted octanol–water partition coefficient (Wildman–Crippen LogP) is 4.35. The van der Waals surface area contributed by atoms with Crippen molar-refractivity contribution in [3.05, 3.63) is 78.3 Å². The van der Waals surface area contributed by atoms with Gasteiger partial charge in [0.2, 0.25) is 0 Å². The van der Waals surface area contributed by atoms with Crippen molar-refractivity contribution in [3.63, 3.8) is 0 Å². The van der Waals surface area contributed by atoms with Crippen molar-refractivity contribution in [1.29, 1.82) is 0 Å². The Balaban J connectivity index is 1.68. The Bertz CT molecular complexity index is 914. The Hall–Kier alpha value is -2.70. The van der Waals surface area contributed by atoms with Gasteiger partial charge in [0.25, 0.3) is 0 Å². The summed E-state index contributed by atoms with van der Waals surface area (Å²) in [6, 6.07) is 20.0. The van der Waals surface area contributed by atoms with Crippen LogP contribution < -0.4 is 5.32 Å². The third kappa shape index (κ3) is 3.79. The van der Waals surface area contributed by atoms with Crippen molar-refractivity contribution >= 4 is 17.3 Å². The summed E-state index contributed by atoms with van der Waals surface area (Å²) < 4.78 is 11.5. The number of furan rings is 1. The van der Waals surface area contributed by atoms with Gasteiger partial charge in [0.05, 0.1) is 11.7 Å². The van der Waals surface area contributed by atoms with E-state index in [9.17, 15) is 0 Å². The van der Waals surface area contributed by atoms with Gasteiger partial charge < -0.3 is 19.4 Å². The van der Waals surface area contributed by atoms with Crippen molar-refractivity contribution in [2.24, 2.45) is 0 Å². The molecule has 2 aromatic heterocycles. The molecule has 0 bridgehead atoms. The molecule has 1 saturated heterocycles. The summed E-state index contributed by atoms with van der Waals surface area (Å²) >= 11 is 5.65. The van der Waals surface area contributed by atoms with Crippen LogP contribution in [0.4, 0.5) is 0 Å². The Morgan fingerprint density at radius 3 is 2.68 bits per heavy atom. The normalized spacial score (nSPS) is 19.0. The Kier molecular flexibility index (Phi) is 5.69. The maximum atomic E-state index is 6.29. The lowest BCUT2D eigenvalue weighted by molar-refractivity contribution is 0.177. The highest BCUT2D eigenvalue weighted by Crippen LogP contribution is 2.40. The van der Waals surface area contributed by atoms with E-state index < -0.39 is 0 Å². The van der Waals surface area contributed by atoms with Gasteiger partial charge in [-0.1, -0.05) is 36.4 Å². The first-order valence-corrected chi connectivity index (χ1v) is 9.81. The van der Waals surface area contributed by atoms with Crippen LogP contribution >= 0.6 is 12.2 Å². The minimum Gasteiger partial charge on any atom is -0.459 e. The molecule has 0 spiro atoms. The van der Waals surface area contributed by atoms with E-state index in [2.05, 4.69) is 15.2 Å². The largest absolute Gasteiger partial charge is 0.459 e. The molecule has 144 valence electrons. The number of pyridine rings is 1. The molecular formula is C22H23N3O2S. The van der Waals surface area contributed by atoms with E-state index in [1.54, 1.807) is 7.11 Å². The zero-order chi connectivity index (χ0) is 19.3. The lowest BCUT2D eigenvalue weighted by atomic mass is 10.0. The quantitative estimate of drug-likeness (QED) is 0.476. The lowest BCUT2D eigenvalue weighted by Gasteiger charge is -2.25. The lowest BCUT2D eigenvalue weighted by Crippen LogP contribution is -2.31. The maximum Gasteiger partial charge on any atom is 0.170 e. The molecule has 3 aromatic rings. The second kappa shape index (κ2) is 8.54. The SMILES string of the molecule is COCCCN1C(=S)N[C@H](c2ccccn2)[C@@H]1c1ccc(-c2ccccc2)o1. The summed E-state index contributed by atoms with van der Waals surface area (Å²) in [5, 5.41) is 4.16. The molecular weight excluding hydrogens is 370 g/mol. The van der Waals surface area contributed by atoms with Crippen LogP contribution in [0, 0.1) is 0 Å². The average Bonchev–Trinajstić information content (AvgIpc) is 3.35. The molecule has 5 nitrogen and oxygen atoms in total. The summed E-state index contributed by atoms with van der Waals surface area (Å²) in [5.41, 5.74) is 2.00. The highest BCUT2D eigenvalue weighted by molar-refractivity contribution is 7.80. The minimum absolute atomic E-state index is 0.0586. The molecule has 0 aliphatic carbocycles. The molecule has 1 N–H and O–H groups in total. The van der Waals surface area contributed by atoms with Crippen LogP contribution in [0.3, 0.4) is 0 Å². The van der Waals surface area contributed by atoms with Gasteiger partial charge in [-0.2, -0.15) is 0 Å². The molecule has 2 atom stereocenters. The van der Waals surface area contributed by atoms with Gasteiger partial charge in [-0.15, -0.1) is 0 Å². The molecule has 1 aliphatic rings. The Morgan fingerprint density at radius 1 is 1.11 bits per heavy atom. The van der Waals surface area contributed by atoms with E-state index >= 15 is 0 Å². The van der Waals surface area contributed by atoms with Crippen molar-refractivity contribution in [1.82, 2.24) is 15.2 Å². The third-order valence-electron chi connectivity index (χ3n) is 4.92. The second-order valence-corrected chi connectivity index (χ2v) is 7.12. The number of aromatic nitrogens is 1. The molecule has 3 heterocycles. The first kappa shape index (κ1) is 18.7. The smallest absolute Gasteiger partial charge is 0.170 e. The van der Waals surface area contributed by atoms with Crippen LogP contribution in [0.15, 0.2) is 71.3 Å². The highest BCUT2D eigenvalue weighted by atomic mass is 32.1. The standard InChI is InChI=1S/C22H23N3O2S/c1-26-15-7-14-25-21(20(24-22(25)28)17-10-5-6-13-23-17)19-12-11-18(27-19)16-8-3-2-4-9-16/h2-6,8-13,20-21H,7,14-15H2,1H3,(H,24,28)/t20-,21+/m1/s1. The van der Waals surface area contributed by atoms with Crippen LogP contribution in [0.1, 0.15) is 30.0 Å². The number of hydrogen-bond acceptors (Lipinski definition) is 4. The topological polar surface area (TPSA) is 50.5 Å². The Morgan fingerprint density at radius 2 is 1.93 bits per heavy atom. The van der Waals surface area contributed by atoms with E-state index in [4.69, 9.17) is 21.4 Å². The summed E-state index contributed by atoms with van der Waals surface area (Å²) in [7, 11) is 1.72. The second-order valence-electron chi connectivity index (χ2n) is 6.73. The molecule has 0 saturated carbocycles. The van der Waals surface area contributed by atoms with Crippen molar-refractivity contribution in [2.45, 2.75) is 18.5 Å². The van der Waals surface area contributed by atoms with Crippen LogP contribution in [0.5, 0.6) is 0 Å². The summed E-state index contributed by atoms with van der Waals surface area (Å²) in [5.74, 6) is 1.73. The van der Waals surface area contributed by atoms with Crippen molar-refractivity contribution in [2.75, 3.05) is 20.3 Å². The maximum absolute atomic E-state index is 6.29. The number of thiocarbonyl (C=S) groups is 1. The van der Waals surface area contributed by atoms with Gasteiger partial charge >= 0.3 is 0 Å². The molecule has 28 heavy (non-hydrogen) atoms. The van der Waals surface area contributed by atoms with E-state index in [0.717, 1.165) is 40.9 Å². The summed E-state index contributed by atoms with van der Waals surface area (Å²) in [6.07, 6.45) is 2.69. The fourth-order valence-electron chi connectivity index (χ4n) is 3.60. The molecule has 1 aliphatic heterocycles. The number of nitrogens with one attached hydrogen (secondary N) is 1. The van der Waals surface area contributed by atoms with Crippen LogP contribution in [-0.2, 0) is 4.74 Å². The fraction of sp³-hybridized carbons (Fsp3) is 0.273. The van der Waals surface area contributed by atoms with E-state index in [1.807, 2.05) is 66.9 Å². The monoisotopic (exact) mass is 393 g/mol. The molecule has 4 rings (SSSR count). The van der Waals surface area contributed by atoms with Gasteiger partial charge in [0.1, 0.15) is 17.6 Å². The van der Waals surface area contributed by atoms with Gasteiger partial charge in [-0.05, 0) is 42.9 Å². The van der Waals surface area contributed by atoms with E-state index in [0.29, 0.717) is 6.61 Å². The molecule has 1 aromatic carbocycles. The molecule has 0 amide bonds. The fourth-order valence-corrected chi connectivity index (χ4v) is 3.94. The molecule has 0 radical (unpaired) electrons. The van der Waals surface area contributed by atoms with Gasteiger partial charge in [-0.25, -0.2) is 0 Å². The van der Waals surface area contributed by atoms with Crippen molar-refractivity contribution in [3.8, 4) is 11.3 Å². The number of methoxy groups -OCH3 is 1. The third-order valence-corrected chi connectivity index (χ3v) is 5.27. The zero-order valence-electron chi connectivity index (χ0n) is 15.7. The van der Waals surface area contributed by atoms with Gasteiger partial charge in [0.15, 0.2) is 5.11 Å². The zero-order valence-corrected chi connectivity index (χ0v) is 16.6. The number of rotatable bonds is 7. The van der Waals surface area contributed by atoms with Crippen LogP contribution in [-0.4, -0.2) is 35.3 Å². The van der Waals surface area contributed by atoms with Crippen LogP contribution in [0.2, 0.25) is 0 Å². The average molecular weight is 394 g/mol. The predicted molar refractivity (Wildman–Crippen MR) is 113 cm³/mol. The number of ether oxygens (including phenoxy) is 1. The summed E-state index contributed by atoms with van der Waals surface area (Å²) in [4.78, 5) is 6.73. The van der Waals surface area contributed by atoms with Crippen LogP contribution in [0.25, 0.3) is 11.3 Å². The molecule has 6 heteroatoms. The number of nitrogens with zero attached hydrogens (tertiary/aromatic N) is 2. The number of hydrogen-bond donors (Lipinski definition) is 1. The number of benzene rings is 1. The first-order valence-electron chi connectivity index (χ1n) is 9.40. The minimum atomic E-state index is -0.0639. The van der Waals surface area contributed by atoms with Crippen molar-refractivity contribution < 1.29 is 9.15 Å². The van der Waals surface area contributed by atoms with E-state index in [-0.39, 0.29) is 12.1 Å². The highest BCUT2D eigenvalue weighted by Gasteiger charge is 2.41. The van der Waals surface area contributed by atoms with Gasteiger partial charge in [-0.3, -0.25) is 4.98 Å². The first-order chi connectivity index (χ1) is 13.8. The van der Waals surface area contributed by atoms with Gasteiger partial charge in [0, 0.05) is 32.0 Å². The van der Waals surface area contributed by atoms with E-state index in [1.165, 1.54) is 0 Å². The summed E-state index contributed by atoms with van der Waals surface area (Å²) in [6.45, 7) is 1.47. The molecule has 0 unspecified atom stereocenters. The molecule has 1 fully saturated rings.